The lowest BCUT2D eigenvalue weighted by Gasteiger charge is -2.14. The molecule has 5 aromatic rings. The first-order valence-corrected chi connectivity index (χ1v) is 13.4. The molecule has 6 rings (SSSR count). The summed E-state index contributed by atoms with van der Waals surface area (Å²) >= 11 is 0. The zero-order valence-electron chi connectivity index (χ0n) is 22.7. The van der Waals surface area contributed by atoms with Gasteiger partial charge < -0.3 is 20.5 Å². The first-order chi connectivity index (χ1) is 20.7. The Morgan fingerprint density at radius 3 is 2.60 bits per heavy atom. The second kappa shape index (κ2) is 11.1. The Morgan fingerprint density at radius 1 is 1.14 bits per heavy atom. The van der Waals surface area contributed by atoms with Crippen LogP contribution >= 0.6 is 0 Å². The number of nitrogens with zero attached hydrogens (tertiary/aromatic N) is 4. The summed E-state index contributed by atoms with van der Waals surface area (Å²) in [6.07, 6.45) is 4.07. The van der Waals surface area contributed by atoms with E-state index in [9.17, 15) is 23.9 Å². The molecule has 0 aliphatic heterocycles. The van der Waals surface area contributed by atoms with Crippen molar-refractivity contribution in [2.75, 3.05) is 17.2 Å². The summed E-state index contributed by atoms with van der Waals surface area (Å²) in [6.45, 7) is 1.61. The highest BCUT2D eigenvalue weighted by Crippen LogP contribution is 2.35. The molecule has 0 saturated heterocycles. The number of aliphatic hydroxyl groups is 1. The Balaban J connectivity index is 1.28. The Morgan fingerprint density at radius 2 is 1.91 bits per heavy atom. The normalized spacial score (nSPS) is 13.6. The number of hydrogen-bond donors (Lipinski definition) is 4. The van der Waals surface area contributed by atoms with E-state index >= 15 is 4.39 Å². The quantitative estimate of drug-likeness (QED) is 0.203. The van der Waals surface area contributed by atoms with Gasteiger partial charge in [0, 0.05) is 42.3 Å². The van der Waals surface area contributed by atoms with Gasteiger partial charge in [-0.15, -0.1) is 0 Å². The molecule has 12 nitrogen and oxygen atoms in total. The van der Waals surface area contributed by atoms with Crippen molar-refractivity contribution >= 4 is 28.4 Å². The number of rotatable bonds is 9. The number of amides is 1. The number of aromatic nitrogens is 5. The molecular weight excluding hydrogens is 564 g/mol. The highest BCUT2D eigenvalue weighted by molar-refractivity contribution is 6.04. The van der Waals surface area contributed by atoms with Crippen molar-refractivity contribution in [1.29, 1.82) is 0 Å². The van der Waals surface area contributed by atoms with Crippen LogP contribution in [0.1, 0.15) is 36.2 Å². The molecule has 0 unspecified atom stereocenters. The first kappa shape index (κ1) is 27.8. The number of aliphatic hydroxyl groups excluding tert-OH is 1. The van der Waals surface area contributed by atoms with Gasteiger partial charge >= 0.3 is 5.69 Å². The average Bonchev–Trinajstić information content (AvgIpc) is 3.75. The summed E-state index contributed by atoms with van der Waals surface area (Å²) in [5.74, 6) is -1.76. The van der Waals surface area contributed by atoms with E-state index < -0.39 is 28.8 Å². The van der Waals surface area contributed by atoms with Gasteiger partial charge in [-0.3, -0.25) is 19.3 Å². The van der Waals surface area contributed by atoms with Crippen LogP contribution in [0.5, 0.6) is 11.5 Å². The lowest BCUT2D eigenvalue weighted by Crippen LogP contribution is -2.42. The predicted octanol–water partition coefficient (Wildman–Crippen LogP) is 3.72. The minimum Gasteiger partial charge on any atom is -0.453 e. The molecule has 0 radical (unpaired) electrons. The van der Waals surface area contributed by atoms with Crippen molar-refractivity contribution in [2.24, 2.45) is 0 Å². The minimum absolute atomic E-state index is 0.0362. The SMILES string of the molecule is C[C@H](CO)Nc1n[nH]c2nccc(Oc3ccc(NC(=O)c4cn(C5CC5)c(=O)n(-c5ccc(F)cc5)c4=O)cc3F)c12. The largest absolute Gasteiger partial charge is 0.453 e. The summed E-state index contributed by atoms with van der Waals surface area (Å²) in [5.41, 5.74) is -1.35. The monoisotopic (exact) mass is 589 g/mol. The maximum Gasteiger partial charge on any atom is 0.335 e. The molecule has 14 heteroatoms. The van der Waals surface area contributed by atoms with E-state index in [1.165, 1.54) is 47.3 Å². The smallest absolute Gasteiger partial charge is 0.335 e. The third-order valence-electron chi connectivity index (χ3n) is 6.87. The fourth-order valence-electron chi connectivity index (χ4n) is 4.53. The van der Waals surface area contributed by atoms with Gasteiger partial charge in [0.15, 0.2) is 23.0 Å². The average molecular weight is 590 g/mol. The number of carbonyl (C=O) groups is 1. The van der Waals surface area contributed by atoms with Crippen LogP contribution in [0.4, 0.5) is 20.3 Å². The lowest BCUT2D eigenvalue weighted by atomic mass is 10.2. The molecule has 0 bridgehead atoms. The Labute approximate surface area is 241 Å². The molecule has 1 saturated carbocycles. The number of carbonyl (C=O) groups excluding carboxylic acids is 1. The minimum atomic E-state index is -0.895. The van der Waals surface area contributed by atoms with E-state index in [1.54, 1.807) is 6.92 Å². The zero-order chi connectivity index (χ0) is 30.2. The standard InChI is InChI=1S/C29H25F2N7O5/c1-15(14-39)33-26-24-23(10-11-32-25(24)35-36-26)43-22-9-4-17(12-21(22)31)34-27(40)20-13-37(18-7-8-18)29(42)38(28(20)41)19-5-2-16(30)3-6-19/h2-6,9-13,15,18,39H,7-8,14H2,1H3,(H,34,40)(H2,32,33,35,36)/t15-/m1/s1. The molecule has 0 spiro atoms. The number of aromatic amines is 1. The molecule has 3 aromatic heterocycles. The van der Waals surface area contributed by atoms with E-state index in [2.05, 4.69) is 25.8 Å². The maximum absolute atomic E-state index is 15.2. The molecule has 1 amide bonds. The van der Waals surface area contributed by atoms with Gasteiger partial charge in [-0.2, -0.15) is 5.10 Å². The maximum atomic E-state index is 15.2. The van der Waals surface area contributed by atoms with E-state index in [4.69, 9.17) is 4.74 Å². The van der Waals surface area contributed by atoms with Crippen LogP contribution in [-0.4, -0.2) is 48.0 Å². The van der Waals surface area contributed by atoms with Crippen molar-refractivity contribution in [3.63, 3.8) is 0 Å². The van der Waals surface area contributed by atoms with Gasteiger partial charge in [-0.05, 0) is 56.2 Å². The van der Waals surface area contributed by atoms with Crippen LogP contribution in [0.3, 0.4) is 0 Å². The zero-order valence-corrected chi connectivity index (χ0v) is 22.7. The lowest BCUT2D eigenvalue weighted by molar-refractivity contribution is 0.102. The number of H-pyrrole nitrogens is 1. The third-order valence-corrected chi connectivity index (χ3v) is 6.87. The molecule has 220 valence electrons. The van der Waals surface area contributed by atoms with Crippen molar-refractivity contribution in [3.8, 4) is 17.2 Å². The van der Waals surface area contributed by atoms with Crippen molar-refractivity contribution in [3.05, 3.63) is 99.0 Å². The number of ether oxygens (including phenoxy) is 1. The number of anilines is 2. The Hall–Kier alpha value is -5.37. The predicted molar refractivity (Wildman–Crippen MR) is 153 cm³/mol. The summed E-state index contributed by atoms with van der Waals surface area (Å²) < 4.78 is 36.7. The van der Waals surface area contributed by atoms with Crippen LogP contribution in [0.15, 0.2) is 70.5 Å². The molecule has 1 aliphatic carbocycles. The summed E-state index contributed by atoms with van der Waals surface area (Å²) in [6, 6.07) is 9.55. The van der Waals surface area contributed by atoms with Crippen LogP contribution in [-0.2, 0) is 0 Å². The molecule has 43 heavy (non-hydrogen) atoms. The fourth-order valence-corrected chi connectivity index (χ4v) is 4.53. The Kier molecular flexibility index (Phi) is 7.19. The number of fused-ring (bicyclic) bond motifs is 1. The van der Waals surface area contributed by atoms with Crippen LogP contribution in [0.25, 0.3) is 16.7 Å². The molecule has 3 heterocycles. The van der Waals surface area contributed by atoms with Crippen LogP contribution in [0, 0.1) is 11.6 Å². The number of nitrogens with one attached hydrogen (secondary N) is 3. The van der Waals surface area contributed by atoms with Gasteiger partial charge in [0.05, 0.1) is 12.3 Å². The fraction of sp³-hybridized carbons (Fsp3) is 0.207. The number of hydrogen-bond acceptors (Lipinski definition) is 8. The van der Waals surface area contributed by atoms with E-state index in [1.807, 2.05) is 0 Å². The topological polar surface area (TPSA) is 156 Å². The molecule has 4 N–H and O–H groups in total. The number of benzene rings is 2. The second-order valence-corrected chi connectivity index (χ2v) is 10.1. The van der Waals surface area contributed by atoms with E-state index in [-0.39, 0.29) is 47.1 Å². The number of pyridine rings is 1. The van der Waals surface area contributed by atoms with E-state index in [0.29, 0.717) is 29.7 Å². The molecule has 1 fully saturated rings. The summed E-state index contributed by atoms with van der Waals surface area (Å²) in [4.78, 5) is 43.8. The van der Waals surface area contributed by atoms with E-state index in [0.717, 1.165) is 22.8 Å². The van der Waals surface area contributed by atoms with Gasteiger partial charge in [-0.1, -0.05) is 0 Å². The van der Waals surface area contributed by atoms with Gasteiger partial charge in [-0.25, -0.2) is 23.1 Å². The van der Waals surface area contributed by atoms with Crippen molar-refractivity contribution in [1.82, 2.24) is 24.3 Å². The molecular formula is C29H25F2N7O5. The summed E-state index contributed by atoms with van der Waals surface area (Å²) in [7, 11) is 0. The van der Waals surface area contributed by atoms with Crippen LogP contribution in [0.2, 0.25) is 0 Å². The second-order valence-electron chi connectivity index (χ2n) is 10.1. The molecule has 2 aromatic carbocycles. The highest BCUT2D eigenvalue weighted by Gasteiger charge is 2.29. The summed E-state index contributed by atoms with van der Waals surface area (Å²) in [5, 5.41) is 22.3. The third kappa shape index (κ3) is 5.47. The van der Waals surface area contributed by atoms with Gasteiger partial charge in [0.1, 0.15) is 22.5 Å². The molecule has 1 atom stereocenters. The Bertz CT molecular complexity index is 1970. The van der Waals surface area contributed by atoms with Crippen molar-refractivity contribution in [2.45, 2.75) is 31.8 Å². The van der Waals surface area contributed by atoms with Crippen LogP contribution < -0.4 is 26.6 Å². The first-order valence-electron chi connectivity index (χ1n) is 13.4. The molecule has 1 aliphatic rings. The number of halogens is 2. The highest BCUT2D eigenvalue weighted by atomic mass is 19.1. The van der Waals surface area contributed by atoms with Gasteiger partial charge in [0.25, 0.3) is 11.5 Å². The van der Waals surface area contributed by atoms with Crippen molar-refractivity contribution < 1.29 is 23.4 Å². The van der Waals surface area contributed by atoms with Gasteiger partial charge in [0.2, 0.25) is 0 Å².